The lowest BCUT2D eigenvalue weighted by molar-refractivity contribution is 0.252. The Bertz CT molecular complexity index is 641. The Morgan fingerprint density at radius 3 is 2.62 bits per heavy atom. The Balaban J connectivity index is 1.68. The van der Waals surface area contributed by atoms with Gasteiger partial charge in [0.15, 0.2) is 0 Å². The van der Waals surface area contributed by atoms with E-state index in [2.05, 4.69) is 45.6 Å². The van der Waals surface area contributed by atoms with Gasteiger partial charge >= 0.3 is 6.03 Å². The molecule has 0 radical (unpaired) electrons. The first-order valence-corrected chi connectivity index (χ1v) is 8.41. The normalized spacial score (nSPS) is 15.9. The SMILES string of the molecule is CC(Nc1ccc(N2CCNC2=O)cc1)c1ccc(Br)s1. The van der Waals surface area contributed by atoms with Crippen LogP contribution in [0.5, 0.6) is 0 Å². The number of anilines is 2. The van der Waals surface area contributed by atoms with E-state index < -0.39 is 0 Å². The molecule has 0 bridgehead atoms. The number of hydrogen-bond acceptors (Lipinski definition) is 3. The van der Waals surface area contributed by atoms with Crippen LogP contribution in [-0.4, -0.2) is 19.1 Å². The van der Waals surface area contributed by atoms with Crippen molar-refractivity contribution in [3.05, 3.63) is 45.1 Å². The summed E-state index contributed by atoms with van der Waals surface area (Å²) >= 11 is 5.22. The molecule has 1 saturated heterocycles. The largest absolute Gasteiger partial charge is 0.378 e. The van der Waals surface area contributed by atoms with Crippen molar-refractivity contribution in [2.75, 3.05) is 23.3 Å². The molecule has 2 aromatic rings. The highest BCUT2D eigenvalue weighted by molar-refractivity contribution is 9.11. The molecule has 1 atom stereocenters. The molecule has 21 heavy (non-hydrogen) atoms. The zero-order valence-corrected chi connectivity index (χ0v) is 14.0. The second kappa shape index (κ2) is 6.07. The number of nitrogens with zero attached hydrogens (tertiary/aromatic N) is 1. The Kier molecular flexibility index (Phi) is 4.17. The third-order valence-electron chi connectivity index (χ3n) is 3.44. The number of rotatable bonds is 4. The fourth-order valence-electron chi connectivity index (χ4n) is 2.34. The first kappa shape index (κ1) is 14.4. The van der Waals surface area contributed by atoms with Crippen molar-refractivity contribution in [3.8, 4) is 0 Å². The van der Waals surface area contributed by atoms with Crippen molar-refractivity contribution >= 4 is 44.7 Å². The molecule has 1 aliphatic heterocycles. The van der Waals surface area contributed by atoms with Crippen LogP contribution in [0.1, 0.15) is 17.8 Å². The highest BCUT2D eigenvalue weighted by Gasteiger charge is 2.20. The third kappa shape index (κ3) is 3.22. The van der Waals surface area contributed by atoms with Crippen LogP contribution in [0.2, 0.25) is 0 Å². The molecule has 1 aromatic carbocycles. The molecule has 2 heterocycles. The number of carbonyl (C=O) groups is 1. The second-order valence-electron chi connectivity index (χ2n) is 4.94. The summed E-state index contributed by atoms with van der Waals surface area (Å²) in [5.41, 5.74) is 1.98. The Labute approximate surface area is 136 Å². The molecule has 2 N–H and O–H groups in total. The van der Waals surface area contributed by atoms with Crippen LogP contribution in [0.15, 0.2) is 40.2 Å². The maximum absolute atomic E-state index is 11.6. The van der Waals surface area contributed by atoms with Crippen molar-refractivity contribution in [3.63, 3.8) is 0 Å². The van der Waals surface area contributed by atoms with Gasteiger partial charge in [-0.05, 0) is 59.3 Å². The Morgan fingerprint density at radius 2 is 2.05 bits per heavy atom. The van der Waals surface area contributed by atoms with Gasteiger partial charge in [-0.1, -0.05) is 0 Å². The monoisotopic (exact) mass is 365 g/mol. The minimum Gasteiger partial charge on any atom is -0.378 e. The molecule has 6 heteroatoms. The van der Waals surface area contributed by atoms with E-state index in [0.717, 1.165) is 21.7 Å². The molecule has 110 valence electrons. The van der Waals surface area contributed by atoms with Gasteiger partial charge < -0.3 is 10.6 Å². The van der Waals surface area contributed by atoms with Crippen LogP contribution >= 0.6 is 27.3 Å². The van der Waals surface area contributed by atoms with Gasteiger partial charge in [0, 0.05) is 29.3 Å². The fraction of sp³-hybridized carbons (Fsp3) is 0.267. The number of hydrogen-bond donors (Lipinski definition) is 2. The van der Waals surface area contributed by atoms with Crippen LogP contribution < -0.4 is 15.5 Å². The Hall–Kier alpha value is -1.53. The van der Waals surface area contributed by atoms with Gasteiger partial charge in [0.1, 0.15) is 0 Å². The number of amides is 2. The topological polar surface area (TPSA) is 44.4 Å². The first-order chi connectivity index (χ1) is 10.1. The minimum atomic E-state index is -0.0208. The van der Waals surface area contributed by atoms with Gasteiger partial charge in [-0.3, -0.25) is 4.90 Å². The molecule has 4 nitrogen and oxygen atoms in total. The zero-order valence-electron chi connectivity index (χ0n) is 11.6. The second-order valence-corrected chi connectivity index (χ2v) is 7.43. The van der Waals surface area contributed by atoms with Crippen molar-refractivity contribution in [1.29, 1.82) is 0 Å². The Morgan fingerprint density at radius 1 is 1.29 bits per heavy atom. The maximum atomic E-state index is 11.6. The van der Waals surface area contributed by atoms with E-state index in [9.17, 15) is 4.79 Å². The van der Waals surface area contributed by atoms with Crippen LogP contribution in [-0.2, 0) is 0 Å². The number of thiophene rings is 1. The summed E-state index contributed by atoms with van der Waals surface area (Å²) in [7, 11) is 0. The summed E-state index contributed by atoms with van der Waals surface area (Å²) in [6.45, 7) is 3.58. The van der Waals surface area contributed by atoms with Crippen molar-refractivity contribution in [2.24, 2.45) is 0 Å². The lowest BCUT2D eigenvalue weighted by atomic mass is 10.2. The van der Waals surface area contributed by atoms with Crippen molar-refractivity contribution in [2.45, 2.75) is 13.0 Å². The summed E-state index contributed by atoms with van der Waals surface area (Å²) < 4.78 is 1.14. The van der Waals surface area contributed by atoms with Crippen LogP contribution in [0, 0.1) is 0 Å². The zero-order chi connectivity index (χ0) is 14.8. The predicted octanol–water partition coefficient (Wildman–Crippen LogP) is 4.21. The summed E-state index contributed by atoms with van der Waals surface area (Å²) in [5, 5.41) is 6.28. The molecule has 1 fully saturated rings. The van der Waals surface area contributed by atoms with Gasteiger partial charge in [0.2, 0.25) is 0 Å². The van der Waals surface area contributed by atoms with E-state index in [1.165, 1.54) is 4.88 Å². The van der Waals surface area contributed by atoms with Crippen molar-refractivity contribution in [1.82, 2.24) is 5.32 Å². The number of carbonyl (C=O) groups excluding carboxylic acids is 1. The molecule has 0 saturated carbocycles. The molecular formula is C15H16BrN3OS. The standard InChI is InChI=1S/C15H16BrN3OS/c1-10(13-6-7-14(16)21-13)18-11-2-4-12(5-3-11)19-9-8-17-15(19)20/h2-7,10,18H,8-9H2,1H3,(H,17,20). The average Bonchev–Trinajstić information content (AvgIpc) is 3.08. The summed E-state index contributed by atoms with van der Waals surface area (Å²) in [4.78, 5) is 14.7. The quantitative estimate of drug-likeness (QED) is 0.851. The third-order valence-corrected chi connectivity index (χ3v) is 5.25. The molecule has 2 amide bonds. The maximum Gasteiger partial charge on any atom is 0.321 e. The molecule has 0 aliphatic carbocycles. The van der Waals surface area contributed by atoms with E-state index in [4.69, 9.17) is 0 Å². The van der Waals surface area contributed by atoms with E-state index in [0.29, 0.717) is 6.54 Å². The number of nitrogens with one attached hydrogen (secondary N) is 2. The van der Waals surface area contributed by atoms with E-state index in [1.54, 1.807) is 16.2 Å². The van der Waals surface area contributed by atoms with Gasteiger partial charge in [-0.2, -0.15) is 0 Å². The molecule has 1 aliphatic rings. The lowest BCUT2D eigenvalue weighted by Gasteiger charge is -2.17. The highest BCUT2D eigenvalue weighted by Crippen LogP contribution is 2.29. The highest BCUT2D eigenvalue weighted by atomic mass is 79.9. The van der Waals surface area contributed by atoms with Gasteiger partial charge in [-0.25, -0.2) is 4.79 Å². The van der Waals surface area contributed by atoms with E-state index in [-0.39, 0.29) is 12.1 Å². The molecular weight excluding hydrogens is 350 g/mol. The number of benzene rings is 1. The van der Waals surface area contributed by atoms with Crippen LogP contribution in [0.25, 0.3) is 0 Å². The number of halogens is 1. The van der Waals surface area contributed by atoms with Crippen molar-refractivity contribution < 1.29 is 4.79 Å². The minimum absolute atomic E-state index is 0.0208. The molecule has 1 aromatic heterocycles. The smallest absolute Gasteiger partial charge is 0.321 e. The molecule has 3 rings (SSSR count). The average molecular weight is 366 g/mol. The molecule has 1 unspecified atom stereocenters. The first-order valence-electron chi connectivity index (χ1n) is 6.81. The molecule has 0 spiro atoms. The van der Waals surface area contributed by atoms with Gasteiger partial charge in [0.25, 0.3) is 0 Å². The summed E-state index contributed by atoms with van der Waals surface area (Å²) in [5.74, 6) is 0. The van der Waals surface area contributed by atoms with Crippen LogP contribution in [0.3, 0.4) is 0 Å². The predicted molar refractivity (Wildman–Crippen MR) is 91.2 cm³/mol. The van der Waals surface area contributed by atoms with E-state index >= 15 is 0 Å². The van der Waals surface area contributed by atoms with Crippen LogP contribution in [0.4, 0.5) is 16.2 Å². The summed E-state index contributed by atoms with van der Waals surface area (Å²) in [6.07, 6.45) is 0. The van der Waals surface area contributed by atoms with Gasteiger partial charge in [-0.15, -0.1) is 11.3 Å². The fourth-order valence-corrected chi connectivity index (χ4v) is 3.76. The summed E-state index contributed by atoms with van der Waals surface area (Å²) in [6, 6.07) is 12.4. The van der Waals surface area contributed by atoms with Gasteiger partial charge in [0.05, 0.1) is 9.83 Å². The number of urea groups is 1. The lowest BCUT2D eigenvalue weighted by Crippen LogP contribution is -2.27. The van der Waals surface area contributed by atoms with E-state index in [1.807, 2.05) is 24.3 Å².